The molecule has 1 unspecified atom stereocenters. The highest BCUT2D eigenvalue weighted by atomic mass is 127. The zero-order valence-electron chi connectivity index (χ0n) is 18.9. The molecule has 2 aromatic rings. The molecule has 0 bridgehead atoms. The molecular formula is C24H31FIN3O4. The van der Waals surface area contributed by atoms with Crippen LogP contribution in [0.1, 0.15) is 25.3 Å². The summed E-state index contributed by atoms with van der Waals surface area (Å²) in [5.74, 6) is 2.45. The summed E-state index contributed by atoms with van der Waals surface area (Å²) in [5, 5.41) is 6.77. The van der Waals surface area contributed by atoms with Crippen molar-refractivity contribution in [2.45, 2.75) is 31.3 Å². The molecule has 7 nitrogen and oxygen atoms in total. The number of nitrogens with one attached hydrogen (secondary N) is 2. The lowest BCUT2D eigenvalue weighted by Crippen LogP contribution is -2.49. The second-order valence-electron chi connectivity index (χ2n) is 8.15. The second kappa shape index (κ2) is 11.7. The Hall–Kier alpha value is -2.27. The van der Waals surface area contributed by atoms with Gasteiger partial charge in [0.05, 0.1) is 6.54 Å². The van der Waals surface area contributed by atoms with E-state index in [2.05, 4.69) is 27.8 Å². The Bertz CT molecular complexity index is 953. The topological polar surface area (TPSA) is 73.3 Å². The Balaban J connectivity index is 0.00000306. The van der Waals surface area contributed by atoms with Crippen LogP contribution >= 0.6 is 24.0 Å². The van der Waals surface area contributed by atoms with E-state index in [9.17, 15) is 4.39 Å². The normalized spacial score (nSPS) is 17.6. The van der Waals surface area contributed by atoms with Crippen molar-refractivity contribution in [2.24, 2.45) is 4.99 Å². The Morgan fingerprint density at radius 2 is 1.91 bits per heavy atom. The Morgan fingerprint density at radius 3 is 2.67 bits per heavy atom. The average Bonchev–Trinajstić information content (AvgIpc) is 3.28. The molecule has 4 rings (SSSR count). The van der Waals surface area contributed by atoms with Crippen LogP contribution in [0.15, 0.2) is 47.5 Å². The van der Waals surface area contributed by atoms with E-state index in [0.717, 1.165) is 24.3 Å². The summed E-state index contributed by atoms with van der Waals surface area (Å²) in [6.45, 7) is 4.84. The molecule has 2 heterocycles. The van der Waals surface area contributed by atoms with Gasteiger partial charge in [-0.1, -0.05) is 12.1 Å². The number of aliphatic imine (C=N–C) groups is 1. The van der Waals surface area contributed by atoms with Crippen LogP contribution in [0.2, 0.25) is 0 Å². The first-order valence-electron chi connectivity index (χ1n) is 10.9. The molecule has 180 valence electrons. The highest BCUT2D eigenvalue weighted by Crippen LogP contribution is 2.40. The molecule has 2 N–H and O–H groups in total. The van der Waals surface area contributed by atoms with Crippen LogP contribution in [0.5, 0.6) is 17.2 Å². The van der Waals surface area contributed by atoms with Crippen molar-refractivity contribution in [2.75, 3.05) is 40.1 Å². The summed E-state index contributed by atoms with van der Waals surface area (Å²) in [6, 6.07) is 12.3. The van der Waals surface area contributed by atoms with E-state index in [4.69, 9.17) is 18.9 Å². The maximum atomic E-state index is 13.4. The van der Waals surface area contributed by atoms with Crippen molar-refractivity contribution in [3.63, 3.8) is 0 Å². The van der Waals surface area contributed by atoms with Crippen LogP contribution in [0.4, 0.5) is 4.39 Å². The van der Waals surface area contributed by atoms with Gasteiger partial charge in [0.15, 0.2) is 17.5 Å². The van der Waals surface area contributed by atoms with Gasteiger partial charge in [-0.05, 0) is 49.6 Å². The first-order valence-corrected chi connectivity index (χ1v) is 10.9. The summed E-state index contributed by atoms with van der Waals surface area (Å²) < 4.78 is 35.9. The maximum absolute atomic E-state index is 13.4. The van der Waals surface area contributed by atoms with Crippen LogP contribution in [0.3, 0.4) is 0 Å². The Morgan fingerprint density at radius 1 is 1.12 bits per heavy atom. The first kappa shape index (κ1) is 25.4. The summed E-state index contributed by atoms with van der Waals surface area (Å²) in [6.07, 6.45) is 1.63. The van der Waals surface area contributed by atoms with Crippen LogP contribution < -0.4 is 24.8 Å². The van der Waals surface area contributed by atoms with E-state index in [1.54, 1.807) is 19.2 Å². The fourth-order valence-electron chi connectivity index (χ4n) is 4.08. The molecule has 1 atom stereocenters. The molecule has 2 aromatic carbocycles. The number of nitrogens with zero attached hydrogens (tertiary/aromatic N) is 1. The van der Waals surface area contributed by atoms with Crippen LogP contribution in [-0.2, 0) is 10.2 Å². The van der Waals surface area contributed by atoms with E-state index >= 15 is 0 Å². The van der Waals surface area contributed by atoms with Crippen LogP contribution in [0.25, 0.3) is 0 Å². The van der Waals surface area contributed by atoms with Gasteiger partial charge in [0.25, 0.3) is 0 Å². The van der Waals surface area contributed by atoms with Crippen molar-refractivity contribution in [1.29, 1.82) is 0 Å². The standard InChI is InChI=1S/C24H30FN3O4.HI/c1-17(32-20-5-3-4-19(25)13-20)14-27-23(26-2)28-15-24(8-10-29-11-9-24)18-6-7-21-22(12-18)31-16-30-21;/h3-7,12-13,17H,8-11,14-16H2,1-2H3,(H2,26,27,28);1H. The fraction of sp³-hybridized carbons (Fsp3) is 0.458. The van der Waals surface area contributed by atoms with Gasteiger partial charge >= 0.3 is 0 Å². The molecule has 33 heavy (non-hydrogen) atoms. The van der Waals surface area contributed by atoms with Crippen molar-refractivity contribution in [3.05, 3.63) is 53.8 Å². The number of hydrogen-bond donors (Lipinski definition) is 2. The summed E-state index contributed by atoms with van der Waals surface area (Å²) in [4.78, 5) is 4.35. The third kappa shape index (κ3) is 6.41. The Labute approximate surface area is 211 Å². The minimum absolute atomic E-state index is 0. The summed E-state index contributed by atoms with van der Waals surface area (Å²) in [5.41, 5.74) is 1.11. The predicted octanol–water partition coefficient (Wildman–Crippen LogP) is 3.85. The number of ether oxygens (including phenoxy) is 4. The van der Waals surface area contributed by atoms with E-state index in [-0.39, 0.29) is 48.1 Å². The molecule has 0 spiro atoms. The number of halogens is 2. The average molecular weight is 571 g/mol. The van der Waals surface area contributed by atoms with E-state index in [1.807, 2.05) is 13.0 Å². The predicted molar refractivity (Wildman–Crippen MR) is 136 cm³/mol. The molecule has 0 aliphatic carbocycles. The lowest BCUT2D eigenvalue weighted by Gasteiger charge is -2.38. The lowest BCUT2D eigenvalue weighted by molar-refractivity contribution is 0.0513. The summed E-state index contributed by atoms with van der Waals surface area (Å²) in [7, 11) is 1.74. The zero-order chi connectivity index (χ0) is 22.4. The maximum Gasteiger partial charge on any atom is 0.231 e. The molecule has 0 amide bonds. The fourth-order valence-corrected chi connectivity index (χ4v) is 4.08. The van der Waals surface area contributed by atoms with E-state index in [0.29, 0.717) is 38.0 Å². The zero-order valence-corrected chi connectivity index (χ0v) is 21.3. The van der Waals surface area contributed by atoms with Gasteiger partial charge < -0.3 is 29.6 Å². The number of hydrogen-bond acceptors (Lipinski definition) is 5. The van der Waals surface area contributed by atoms with Gasteiger partial charge in [0, 0.05) is 38.3 Å². The van der Waals surface area contributed by atoms with E-state index in [1.165, 1.54) is 17.7 Å². The second-order valence-corrected chi connectivity index (χ2v) is 8.15. The van der Waals surface area contributed by atoms with Crippen molar-refractivity contribution in [3.8, 4) is 17.2 Å². The van der Waals surface area contributed by atoms with Crippen LogP contribution in [0, 0.1) is 5.82 Å². The van der Waals surface area contributed by atoms with Gasteiger partial charge in [-0.25, -0.2) is 4.39 Å². The first-order chi connectivity index (χ1) is 15.6. The molecule has 0 radical (unpaired) electrons. The monoisotopic (exact) mass is 571 g/mol. The lowest BCUT2D eigenvalue weighted by atomic mass is 9.74. The molecule has 2 aliphatic rings. The van der Waals surface area contributed by atoms with E-state index < -0.39 is 0 Å². The van der Waals surface area contributed by atoms with Crippen molar-refractivity contribution >= 4 is 29.9 Å². The van der Waals surface area contributed by atoms with Gasteiger partial charge in [-0.15, -0.1) is 24.0 Å². The SMILES string of the molecule is CN=C(NCC(C)Oc1cccc(F)c1)NCC1(c2ccc3c(c2)OCO3)CCOCC1.I. The minimum atomic E-state index is -0.314. The summed E-state index contributed by atoms with van der Waals surface area (Å²) >= 11 is 0. The molecular weight excluding hydrogens is 540 g/mol. The largest absolute Gasteiger partial charge is 0.489 e. The van der Waals surface area contributed by atoms with Gasteiger partial charge in [-0.3, -0.25) is 4.99 Å². The quantitative estimate of drug-likeness (QED) is 0.299. The molecule has 0 saturated carbocycles. The molecule has 2 aliphatic heterocycles. The van der Waals surface area contributed by atoms with Crippen molar-refractivity contribution < 1.29 is 23.3 Å². The third-order valence-electron chi connectivity index (χ3n) is 5.94. The third-order valence-corrected chi connectivity index (χ3v) is 5.94. The number of benzene rings is 2. The molecule has 1 saturated heterocycles. The number of fused-ring (bicyclic) bond motifs is 1. The smallest absolute Gasteiger partial charge is 0.231 e. The highest BCUT2D eigenvalue weighted by molar-refractivity contribution is 14.0. The van der Waals surface area contributed by atoms with Crippen molar-refractivity contribution in [1.82, 2.24) is 10.6 Å². The van der Waals surface area contributed by atoms with Gasteiger partial charge in [-0.2, -0.15) is 0 Å². The van der Waals surface area contributed by atoms with Gasteiger partial charge in [0.1, 0.15) is 17.7 Å². The number of rotatable bonds is 7. The highest BCUT2D eigenvalue weighted by Gasteiger charge is 2.36. The minimum Gasteiger partial charge on any atom is -0.489 e. The Kier molecular flexibility index (Phi) is 9.02. The molecule has 9 heteroatoms. The van der Waals surface area contributed by atoms with Gasteiger partial charge in [0.2, 0.25) is 6.79 Å². The number of guanidine groups is 1. The molecule has 0 aromatic heterocycles. The molecule has 1 fully saturated rings. The van der Waals surface area contributed by atoms with Crippen LogP contribution in [-0.4, -0.2) is 52.2 Å².